The van der Waals surface area contributed by atoms with Crippen LogP contribution in [0.3, 0.4) is 0 Å². The zero-order valence-electron chi connectivity index (χ0n) is 11.8. The van der Waals surface area contributed by atoms with Crippen molar-refractivity contribution in [3.8, 4) is 16.9 Å². The minimum Gasteiger partial charge on any atom is -0.325 e. The summed E-state index contributed by atoms with van der Waals surface area (Å²) in [6, 6.07) is 17.2. The SMILES string of the molecule is NCC(=O)Nc1ccc(-c2cn(-c3ccccc3)nn2)cc1. The van der Waals surface area contributed by atoms with E-state index in [1.54, 1.807) is 4.68 Å². The lowest BCUT2D eigenvalue weighted by Crippen LogP contribution is -2.21. The van der Waals surface area contributed by atoms with Crippen LogP contribution in [-0.4, -0.2) is 27.4 Å². The number of nitrogens with one attached hydrogen (secondary N) is 1. The highest BCUT2D eigenvalue weighted by Gasteiger charge is 2.06. The lowest BCUT2D eigenvalue weighted by atomic mass is 10.1. The van der Waals surface area contributed by atoms with Gasteiger partial charge in [-0.05, 0) is 24.3 Å². The molecule has 0 radical (unpaired) electrons. The Kier molecular flexibility index (Phi) is 3.93. The van der Waals surface area contributed by atoms with Crippen molar-refractivity contribution in [2.45, 2.75) is 0 Å². The van der Waals surface area contributed by atoms with Crippen LogP contribution < -0.4 is 11.1 Å². The summed E-state index contributed by atoms with van der Waals surface area (Å²) < 4.78 is 1.72. The number of aromatic nitrogens is 3. The zero-order valence-corrected chi connectivity index (χ0v) is 11.8. The molecule has 3 aromatic rings. The maximum Gasteiger partial charge on any atom is 0.238 e. The second-order valence-electron chi connectivity index (χ2n) is 4.71. The van der Waals surface area contributed by atoms with E-state index >= 15 is 0 Å². The van der Waals surface area contributed by atoms with Crippen molar-refractivity contribution in [3.05, 3.63) is 60.8 Å². The van der Waals surface area contributed by atoms with Crippen LogP contribution in [0.2, 0.25) is 0 Å². The third-order valence-electron chi connectivity index (χ3n) is 3.16. The van der Waals surface area contributed by atoms with Gasteiger partial charge < -0.3 is 11.1 Å². The highest BCUT2D eigenvalue weighted by Crippen LogP contribution is 2.20. The van der Waals surface area contributed by atoms with Gasteiger partial charge in [0.15, 0.2) is 0 Å². The van der Waals surface area contributed by atoms with E-state index in [4.69, 9.17) is 5.73 Å². The zero-order chi connectivity index (χ0) is 15.4. The molecular formula is C16H15N5O. The molecule has 0 fully saturated rings. The molecule has 3 N–H and O–H groups in total. The minimum atomic E-state index is -0.220. The van der Waals surface area contributed by atoms with Crippen LogP contribution in [-0.2, 0) is 4.79 Å². The molecule has 0 aliphatic rings. The fraction of sp³-hybridized carbons (Fsp3) is 0.0625. The molecule has 0 unspecified atom stereocenters. The van der Waals surface area contributed by atoms with Crippen molar-refractivity contribution >= 4 is 11.6 Å². The standard InChI is InChI=1S/C16H15N5O/c17-10-16(22)18-13-8-6-12(7-9-13)15-11-21(20-19-15)14-4-2-1-3-5-14/h1-9,11H,10,17H2,(H,18,22). The molecule has 2 aromatic carbocycles. The molecule has 22 heavy (non-hydrogen) atoms. The molecule has 6 nitrogen and oxygen atoms in total. The van der Waals surface area contributed by atoms with Crippen LogP contribution in [0.5, 0.6) is 0 Å². The number of carbonyl (C=O) groups is 1. The molecule has 3 rings (SSSR count). The first-order chi connectivity index (χ1) is 10.8. The summed E-state index contributed by atoms with van der Waals surface area (Å²) >= 11 is 0. The van der Waals surface area contributed by atoms with Gasteiger partial charge in [-0.15, -0.1) is 5.10 Å². The lowest BCUT2D eigenvalue weighted by Gasteiger charge is -2.03. The van der Waals surface area contributed by atoms with Gasteiger partial charge in [0.25, 0.3) is 0 Å². The summed E-state index contributed by atoms with van der Waals surface area (Å²) in [5, 5.41) is 11.0. The topological polar surface area (TPSA) is 85.8 Å². The largest absolute Gasteiger partial charge is 0.325 e. The second-order valence-corrected chi connectivity index (χ2v) is 4.71. The maximum atomic E-state index is 11.2. The molecule has 0 saturated carbocycles. The molecule has 0 aliphatic heterocycles. The number of hydrogen-bond donors (Lipinski definition) is 2. The molecule has 0 atom stereocenters. The molecular weight excluding hydrogens is 278 g/mol. The first-order valence-electron chi connectivity index (χ1n) is 6.84. The van der Waals surface area contributed by atoms with E-state index < -0.39 is 0 Å². The third kappa shape index (κ3) is 3.02. The lowest BCUT2D eigenvalue weighted by molar-refractivity contribution is -0.114. The summed E-state index contributed by atoms with van der Waals surface area (Å²) in [6.07, 6.45) is 1.86. The van der Waals surface area contributed by atoms with Gasteiger partial charge >= 0.3 is 0 Å². The van der Waals surface area contributed by atoms with Gasteiger partial charge in [0.05, 0.1) is 18.4 Å². The Balaban J connectivity index is 1.80. The first-order valence-corrected chi connectivity index (χ1v) is 6.84. The number of benzene rings is 2. The fourth-order valence-electron chi connectivity index (χ4n) is 2.04. The molecule has 1 aromatic heterocycles. The predicted octanol–water partition coefficient (Wildman–Crippen LogP) is 1.83. The first kappa shape index (κ1) is 14.0. The Morgan fingerprint density at radius 3 is 2.50 bits per heavy atom. The molecule has 1 amide bonds. The number of carbonyl (C=O) groups excluding carboxylic acids is 1. The van der Waals surface area contributed by atoms with Crippen molar-refractivity contribution in [2.75, 3.05) is 11.9 Å². The molecule has 0 spiro atoms. The van der Waals surface area contributed by atoms with Gasteiger partial charge in [0.2, 0.25) is 5.91 Å². The van der Waals surface area contributed by atoms with Crippen molar-refractivity contribution in [1.29, 1.82) is 0 Å². The molecule has 0 bridgehead atoms. The Morgan fingerprint density at radius 1 is 1.09 bits per heavy atom. The van der Waals surface area contributed by atoms with Gasteiger partial charge in [0, 0.05) is 11.3 Å². The molecule has 6 heteroatoms. The number of nitrogens with two attached hydrogens (primary N) is 1. The van der Waals surface area contributed by atoms with Gasteiger partial charge in [-0.2, -0.15) is 0 Å². The molecule has 110 valence electrons. The average molecular weight is 293 g/mol. The fourth-order valence-corrected chi connectivity index (χ4v) is 2.04. The van der Waals surface area contributed by atoms with Crippen molar-refractivity contribution in [3.63, 3.8) is 0 Å². The van der Waals surface area contributed by atoms with E-state index in [-0.39, 0.29) is 12.5 Å². The van der Waals surface area contributed by atoms with Crippen LogP contribution >= 0.6 is 0 Å². The van der Waals surface area contributed by atoms with E-state index in [1.807, 2.05) is 60.8 Å². The van der Waals surface area contributed by atoms with E-state index in [0.717, 1.165) is 16.9 Å². The number of para-hydroxylation sites is 1. The third-order valence-corrected chi connectivity index (χ3v) is 3.16. The highest BCUT2D eigenvalue weighted by atomic mass is 16.1. The van der Waals surface area contributed by atoms with Crippen LogP contribution in [0, 0.1) is 0 Å². The van der Waals surface area contributed by atoms with Crippen LogP contribution in [0.1, 0.15) is 0 Å². The van der Waals surface area contributed by atoms with Gasteiger partial charge in [-0.1, -0.05) is 35.5 Å². The molecule has 0 saturated heterocycles. The number of nitrogens with zero attached hydrogens (tertiary/aromatic N) is 3. The summed E-state index contributed by atoms with van der Waals surface area (Å²) in [7, 11) is 0. The number of hydrogen-bond acceptors (Lipinski definition) is 4. The Bertz CT molecular complexity index is 765. The maximum absolute atomic E-state index is 11.2. The second kappa shape index (κ2) is 6.19. The quantitative estimate of drug-likeness (QED) is 0.768. The van der Waals surface area contributed by atoms with Crippen LogP contribution in [0.15, 0.2) is 60.8 Å². The van der Waals surface area contributed by atoms with Crippen LogP contribution in [0.25, 0.3) is 16.9 Å². The Morgan fingerprint density at radius 2 is 1.82 bits per heavy atom. The monoisotopic (exact) mass is 293 g/mol. The van der Waals surface area contributed by atoms with E-state index in [0.29, 0.717) is 5.69 Å². The highest BCUT2D eigenvalue weighted by molar-refractivity contribution is 5.92. The number of rotatable bonds is 4. The van der Waals surface area contributed by atoms with E-state index in [2.05, 4.69) is 15.6 Å². The minimum absolute atomic E-state index is 0.0346. The van der Waals surface area contributed by atoms with Crippen molar-refractivity contribution < 1.29 is 4.79 Å². The summed E-state index contributed by atoms with van der Waals surface area (Å²) in [5.74, 6) is -0.220. The smallest absolute Gasteiger partial charge is 0.238 e. The van der Waals surface area contributed by atoms with Gasteiger partial charge in [0.1, 0.15) is 5.69 Å². The predicted molar refractivity (Wildman–Crippen MR) is 84.5 cm³/mol. The van der Waals surface area contributed by atoms with E-state index in [1.165, 1.54) is 0 Å². The Hall–Kier alpha value is -2.99. The average Bonchev–Trinajstić information content (AvgIpc) is 3.06. The van der Waals surface area contributed by atoms with Crippen molar-refractivity contribution in [2.24, 2.45) is 5.73 Å². The van der Waals surface area contributed by atoms with E-state index in [9.17, 15) is 4.79 Å². The van der Waals surface area contributed by atoms with Gasteiger partial charge in [-0.25, -0.2) is 4.68 Å². The number of amides is 1. The van der Waals surface area contributed by atoms with Crippen molar-refractivity contribution in [1.82, 2.24) is 15.0 Å². The number of anilines is 1. The Labute approximate surface area is 127 Å². The van der Waals surface area contributed by atoms with Gasteiger partial charge in [-0.3, -0.25) is 4.79 Å². The van der Waals surface area contributed by atoms with Crippen LogP contribution in [0.4, 0.5) is 5.69 Å². The molecule has 0 aliphatic carbocycles. The summed E-state index contributed by atoms with van der Waals surface area (Å²) in [6.45, 7) is -0.0346. The normalized spacial score (nSPS) is 10.4. The summed E-state index contributed by atoms with van der Waals surface area (Å²) in [4.78, 5) is 11.2. The summed E-state index contributed by atoms with van der Waals surface area (Å²) in [5.41, 5.74) is 8.61. The molecule has 1 heterocycles.